The number of aromatic nitrogens is 3. The lowest BCUT2D eigenvalue weighted by molar-refractivity contribution is 0.0525. The summed E-state index contributed by atoms with van der Waals surface area (Å²) in [7, 11) is 0. The molecule has 0 N–H and O–H groups in total. The number of aryl methyl sites for hydroxylation is 2. The highest BCUT2D eigenvalue weighted by Crippen LogP contribution is 2.20. The third-order valence-corrected chi connectivity index (χ3v) is 3.75. The van der Waals surface area contributed by atoms with Gasteiger partial charge in [-0.2, -0.15) is 0 Å². The fraction of sp³-hybridized carbons (Fsp3) is 0.467. The van der Waals surface area contributed by atoms with Gasteiger partial charge in [-0.3, -0.25) is 4.79 Å². The zero-order valence-corrected chi connectivity index (χ0v) is 12.7. The second kappa shape index (κ2) is 6.13. The first-order chi connectivity index (χ1) is 10.6. The van der Waals surface area contributed by atoms with Crippen molar-refractivity contribution in [2.45, 2.75) is 32.8 Å². The summed E-state index contributed by atoms with van der Waals surface area (Å²) in [6, 6.07) is 1.72. The molecule has 3 heterocycles. The number of amides is 1. The maximum atomic E-state index is 12.6. The SMILES string of the molecule is Cc1noc(C)c1C(=O)N1CCC[C@H](Oc2ccncn2)C1. The summed E-state index contributed by atoms with van der Waals surface area (Å²) in [6.45, 7) is 4.79. The Balaban J connectivity index is 1.69. The topological polar surface area (TPSA) is 81.4 Å². The molecule has 1 amide bonds. The molecule has 1 aliphatic rings. The molecule has 1 aliphatic heterocycles. The van der Waals surface area contributed by atoms with E-state index < -0.39 is 0 Å². The van der Waals surface area contributed by atoms with Gasteiger partial charge in [0.05, 0.1) is 12.2 Å². The molecule has 0 saturated carbocycles. The predicted molar refractivity (Wildman–Crippen MR) is 77.6 cm³/mol. The number of likely N-dealkylation sites (tertiary alicyclic amines) is 1. The molecular formula is C15H18N4O3. The Morgan fingerprint density at radius 1 is 1.45 bits per heavy atom. The molecular weight excluding hydrogens is 284 g/mol. The Morgan fingerprint density at radius 2 is 2.32 bits per heavy atom. The van der Waals surface area contributed by atoms with Crippen LogP contribution in [0.2, 0.25) is 0 Å². The Hall–Kier alpha value is -2.44. The van der Waals surface area contributed by atoms with Crippen LogP contribution in [0.1, 0.15) is 34.7 Å². The first kappa shape index (κ1) is 14.5. The molecule has 3 rings (SSSR count). The van der Waals surface area contributed by atoms with Gasteiger partial charge in [0, 0.05) is 18.8 Å². The molecule has 0 unspecified atom stereocenters. The third kappa shape index (κ3) is 2.93. The van der Waals surface area contributed by atoms with E-state index in [4.69, 9.17) is 9.26 Å². The summed E-state index contributed by atoms with van der Waals surface area (Å²) in [5, 5.41) is 3.85. The van der Waals surface area contributed by atoms with Crippen LogP contribution in [-0.4, -0.2) is 45.1 Å². The van der Waals surface area contributed by atoms with Gasteiger partial charge in [0.1, 0.15) is 23.8 Å². The van der Waals surface area contributed by atoms with Crippen LogP contribution in [0.4, 0.5) is 0 Å². The van der Waals surface area contributed by atoms with Gasteiger partial charge >= 0.3 is 0 Å². The van der Waals surface area contributed by atoms with Gasteiger partial charge in [0.25, 0.3) is 5.91 Å². The van der Waals surface area contributed by atoms with Crippen molar-refractivity contribution in [3.8, 4) is 5.88 Å². The smallest absolute Gasteiger partial charge is 0.259 e. The van der Waals surface area contributed by atoms with E-state index in [2.05, 4.69) is 15.1 Å². The van der Waals surface area contributed by atoms with E-state index >= 15 is 0 Å². The maximum absolute atomic E-state index is 12.6. The number of nitrogens with zero attached hydrogens (tertiary/aromatic N) is 4. The molecule has 7 heteroatoms. The Kier molecular flexibility index (Phi) is 4.04. The minimum Gasteiger partial charge on any atom is -0.472 e. The Bertz CT molecular complexity index is 637. The van der Waals surface area contributed by atoms with Crippen molar-refractivity contribution in [1.29, 1.82) is 0 Å². The summed E-state index contributed by atoms with van der Waals surface area (Å²) in [5.41, 5.74) is 1.18. The lowest BCUT2D eigenvalue weighted by Gasteiger charge is -2.32. The van der Waals surface area contributed by atoms with Gasteiger partial charge < -0.3 is 14.2 Å². The fourth-order valence-electron chi connectivity index (χ4n) is 2.68. The fourth-order valence-corrected chi connectivity index (χ4v) is 2.68. The van der Waals surface area contributed by atoms with Crippen LogP contribution in [0.25, 0.3) is 0 Å². The molecule has 0 aliphatic carbocycles. The van der Waals surface area contributed by atoms with Crippen molar-refractivity contribution in [2.75, 3.05) is 13.1 Å². The van der Waals surface area contributed by atoms with E-state index in [1.165, 1.54) is 6.33 Å². The van der Waals surface area contributed by atoms with Crippen LogP contribution in [0.15, 0.2) is 23.1 Å². The number of hydrogen-bond donors (Lipinski definition) is 0. The van der Waals surface area contributed by atoms with Crippen LogP contribution in [-0.2, 0) is 0 Å². The van der Waals surface area contributed by atoms with Crippen molar-refractivity contribution >= 4 is 5.91 Å². The highest BCUT2D eigenvalue weighted by molar-refractivity contribution is 5.96. The number of rotatable bonds is 3. The average molecular weight is 302 g/mol. The van der Waals surface area contributed by atoms with Crippen LogP contribution in [0.5, 0.6) is 5.88 Å². The van der Waals surface area contributed by atoms with Gasteiger partial charge in [-0.25, -0.2) is 9.97 Å². The van der Waals surface area contributed by atoms with Crippen LogP contribution in [0.3, 0.4) is 0 Å². The Labute approximate surface area is 128 Å². The van der Waals surface area contributed by atoms with Crippen molar-refractivity contribution < 1.29 is 14.1 Å². The molecule has 1 fully saturated rings. The van der Waals surface area contributed by atoms with E-state index in [-0.39, 0.29) is 12.0 Å². The second-order valence-electron chi connectivity index (χ2n) is 5.38. The van der Waals surface area contributed by atoms with Gasteiger partial charge in [-0.1, -0.05) is 5.16 Å². The summed E-state index contributed by atoms with van der Waals surface area (Å²) >= 11 is 0. The quantitative estimate of drug-likeness (QED) is 0.859. The van der Waals surface area contributed by atoms with Gasteiger partial charge in [-0.05, 0) is 26.7 Å². The van der Waals surface area contributed by atoms with Crippen LogP contribution in [0, 0.1) is 13.8 Å². The van der Waals surface area contributed by atoms with Gasteiger partial charge in [-0.15, -0.1) is 0 Å². The number of carbonyl (C=O) groups is 1. The molecule has 1 atom stereocenters. The highest BCUT2D eigenvalue weighted by atomic mass is 16.5. The normalized spacial score (nSPS) is 18.3. The molecule has 0 spiro atoms. The first-order valence-corrected chi connectivity index (χ1v) is 7.30. The number of hydrogen-bond acceptors (Lipinski definition) is 6. The van der Waals surface area contributed by atoms with Crippen LogP contribution < -0.4 is 4.74 Å². The van der Waals surface area contributed by atoms with Crippen molar-refractivity contribution in [3.63, 3.8) is 0 Å². The van der Waals surface area contributed by atoms with Crippen LogP contribution >= 0.6 is 0 Å². The molecule has 116 valence electrons. The molecule has 2 aromatic heterocycles. The van der Waals surface area contributed by atoms with Gasteiger partial charge in [0.15, 0.2) is 0 Å². The lowest BCUT2D eigenvalue weighted by atomic mass is 10.1. The summed E-state index contributed by atoms with van der Waals surface area (Å²) in [4.78, 5) is 22.4. The zero-order valence-electron chi connectivity index (χ0n) is 12.7. The van der Waals surface area contributed by atoms with E-state index in [0.717, 1.165) is 12.8 Å². The van der Waals surface area contributed by atoms with E-state index in [0.29, 0.717) is 36.0 Å². The third-order valence-electron chi connectivity index (χ3n) is 3.75. The molecule has 0 radical (unpaired) electrons. The summed E-state index contributed by atoms with van der Waals surface area (Å²) in [5.74, 6) is 1.04. The first-order valence-electron chi connectivity index (χ1n) is 7.30. The number of ether oxygens (including phenoxy) is 1. The number of piperidine rings is 1. The highest BCUT2D eigenvalue weighted by Gasteiger charge is 2.29. The summed E-state index contributed by atoms with van der Waals surface area (Å²) < 4.78 is 10.9. The minimum atomic E-state index is -0.0620. The monoisotopic (exact) mass is 302 g/mol. The maximum Gasteiger partial charge on any atom is 0.259 e. The average Bonchev–Trinajstić information content (AvgIpc) is 2.87. The zero-order chi connectivity index (χ0) is 15.5. The molecule has 2 aromatic rings. The molecule has 0 aromatic carbocycles. The predicted octanol–water partition coefficient (Wildman–Crippen LogP) is 1.77. The van der Waals surface area contributed by atoms with E-state index in [9.17, 15) is 4.79 Å². The minimum absolute atomic E-state index is 0.0489. The second-order valence-corrected chi connectivity index (χ2v) is 5.38. The summed E-state index contributed by atoms with van der Waals surface area (Å²) in [6.07, 6.45) is 4.82. The van der Waals surface area contributed by atoms with Crippen molar-refractivity contribution in [3.05, 3.63) is 35.6 Å². The Morgan fingerprint density at radius 3 is 3.00 bits per heavy atom. The van der Waals surface area contributed by atoms with E-state index in [1.807, 2.05) is 0 Å². The molecule has 7 nitrogen and oxygen atoms in total. The molecule has 0 bridgehead atoms. The lowest BCUT2D eigenvalue weighted by Crippen LogP contribution is -2.44. The van der Waals surface area contributed by atoms with Gasteiger partial charge in [0.2, 0.25) is 5.88 Å². The van der Waals surface area contributed by atoms with E-state index in [1.54, 1.807) is 31.0 Å². The number of carbonyl (C=O) groups excluding carboxylic acids is 1. The standard InChI is InChI=1S/C15H18N4O3/c1-10-14(11(2)22-18-10)15(20)19-7-3-4-12(8-19)21-13-5-6-16-9-17-13/h5-6,9,12H,3-4,7-8H2,1-2H3/t12-/m0/s1. The van der Waals surface area contributed by atoms with Crippen molar-refractivity contribution in [1.82, 2.24) is 20.0 Å². The molecule has 1 saturated heterocycles. The molecule has 22 heavy (non-hydrogen) atoms. The van der Waals surface area contributed by atoms with Crippen molar-refractivity contribution in [2.24, 2.45) is 0 Å². The largest absolute Gasteiger partial charge is 0.472 e.